The van der Waals surface area contributed by atoms with E-state index in [-0.39, 0.29) is 26.6 Å². The average molecular weight is 495 g/mol. The van der Waals surface area contributed by atoms with Crippen molar-refractivity contribution in [1.82, 2.24) is 9.97 Å². The van der Waals surface area contributed by atoms with Crippen molar-refractivity contribution in [2.75, 3.05) is 5.75 Å². The Morgan fingerprint density at radius 1 is 0.968 bits per heavy atom. The van der Waals surface area contributed by atoms with E-state index >= 15 is 0 Å². The van der Waals surface area contributed by atoms with Crippen molar-refractivity contribution in [3.63, 3.8) is 0 Å². The molecule has 31 heavy (non-hydrogen) atoms. The number of nitro benzene ring substituents is 2. The first-order valence-corrected chi connectivity index (χ1v) is 9.77. The maximum Gasteiger partial charge on any atom is 0.314 e. The van der Waals surface area contributed by atoms with Gasteiger partial charge in [-0.25, -0.2) is 4.39 Å². The molecule has 3 rings (SSSR count). The second kappa shape index (κ2) is 9.85. The van der Waals surface area contributed by atoms with E-state index in [0.29, 0.717) is 17.9 Å². The summed E-state index contributed by atoms with van der Waals surface area (Å²) in [6.45, 7) is 1.82. The van der Waals surface area contributed by atoms with Crippen LogP contribution >= 0.6 is 35.0 Å². The number of hydrogen-bond donors (Lipinski definition) is 2. The van der Waals surface area contributed by atoms with Gasteiger partial charge in [-0.05, 0) is 11.8 Å². The number of rotatable bonds is 4. The van der Waals surface area contributed by atoms with Gasteiger partial charge in [0, 0.05) is 12.1 Å². The molecule has 0 aliphatic rings. The third kappa shape index (κ3) is 5.37. The number of thioether (sulfide) groups is 1. The predicted molar refractivity (Wildman–Crippen MR) is 111 cm³/mol. The smallest absolute Gasteiger partial charge is 0.314 e. The molecule has 0 aliphatic carbocycles. The number of hydrogen-bond acceptors (Lipinski definition) is 7. The molecule has 0 unspecified atom stereocenters. The van der Waals surface area contributed by atoms with E-state index in [1.54, 1.807) is 0 Å². The fourth-order valence-corrected chi connectivity index (χ4v) is 3.62. The summed E-state index contributed by atoms with van der Waals surface area (Å²) < 4.78 is 25.0. The zero-order valence-corrected chi connectivity index (χ0v) is 17.5. The Kier molecular flexibility index (Phi) is 7.70. The highest BCUT2D eigenvalue weighted by atomic mass is 35.5. The highest BCUT2D eigenvalue weighted by Gasteiger charge is 2.24. The molecule has 0 spiro atoms. The topological polar surface area (TPSA) is 152 Å². The summed E-state index contributed by atoms with van der Waals surface area (Å²) in [5.74, 6) is -1.67. The zero-order chi connectivity index (χ0) is 23.5. The highest BCUT2D eigenvalue weighted by Crippen LogP contribution is 2.39. The Morgan fingerprint density at radius 3 is 2.13 bits per heavy atom. The quantitative estimate of drug-likeness (QED) is 0.179. The molecule has 164 valence electrons. The average Bonchev–Trinajstić information content (AvgIpc) is 2.67. The number of nitrogens with zero attached hydrogens (tertiary/aromatic N) is 2. The number of nitro groups is 2. The third-order valence-electron chi connectivity index (χ3n) is 3.56. The SMILES string of the molecule is CCSc1c(Cl)cc2[nH]c(=O)c(=O)[nH]c2c1[N+](=O)[O-].O=[N+]([O-])c1cc(Cl)c(F)cc1F. The summed E-state index contributed by atoms with van der Waals surface area (Å²) in [4.78, 5) is 46.9. The van der Waals surface area contributed by atoms with Crippen molar-refractivity contribution in [3.8, 4) is 0 Å². The second-order valence-corrected chi connectivity index (χ2v) is 7.62. The van der Waals surface area contributed by atoms with Crippen molar-refractivity contribution >= 4 is 57.4 Å². The molecule has 2 N–H and O–H groups in total. The van der Waals surface area contributed by atoms with Gasteiger partial charge < -0.3 is 9.97 Å². The summed E-state index contributed by atoms with van der Waals surface area (Å²) in [5, 5.41) is 20.9. The molecule has 15 heteroatoms. The number of benzene rings is 2. The Balaban J connectivity index is 0.000000245. The molecule has 3 aromatic rings. The van der Waals surface area contributed by atoms with Crippen LogP contribution in [0.2, 0.25) is 10.0 Å². The Hall–Kier alpha value is -3.03. The van der Waals surface area contributed by atoms with E-state index in [1.165, 1.54) is 17.8 Å². The molecule has 0 atom stereocenters. The Labute approximate surface area is 184 Å². The monoisotopic (exact) mass is 494 g/mol. The molecule has 0 amide bonds. The van der Waals surface area contributed by atoms with Gasteiger partial charge in [0.05, 0.1) is 25.4 Å². The lowest BCUT2D eigenvalue weighted by molar-refractivity contribution is -0.387. The van der Waals surface area contributed by atoms with Crippen LogP contribution in [0.4, 0.5) is 20.2 Å². The molecule has 10 nitrogen and oxygen atoms in total. The number of aromatic nitrogens is 2. The first-order valence-electron chi connectivity index (χ1n) is 8.02. The summed E-state index contributed by atoms with van der Waals surface area (Å²) in [6.07, 6.45) is 0. The van der Waals surface area contributed by atoms with Gasteiger partial charge in [-0.15, -0.1) is 11.8 Å². The summed E-state index contributed by atoms with van der Waals surface area (Å²) in [7, 11) is 0. The molecule has 0 bridgehead atoms. The van der Waals surface area contributed by atoms with E-state index < -0.39 is 43.3 Å². The van der Waals surface area contributed by atoms with Gasteiger partial charge >= 0.3 is 22.5 Å². The Morgan fingerprint density at radius 2 is 1.58 bits per heavy atom. The molecule has 0 saturated heterocycles. The van der Waals surface area contributed by atoms with Gasteiger partial charge in [-0.1, -0.05) is 30.1 Å². The van der Waals surface area contributed by atoms with Gasteiger partial charge in [0.15, 0.2) is 0 Å². The number of aromatic amines is 2. The van der Waals surface area contributed by atoms with Crippen molar-refractivity contribution < 1.29 is 18.6 Å². The molecule has 0 fully saturated rings. The second-order valence-electron chi connectivity index (χ2n) is 5.53. The van der Waals surface area contributed by atoms with Crippen LogP contribution < -0.4 is 11.1 Å². The zero-order valence-electron chi connectivity index (χ0n) is 15.2. The lowest BCUT2D eigenvalue weighted by atomic mass is 10.2. The maximum atomic E-state index is 12.5. The molecule has 0 saturated carbocycles. The van der Waals surface area contributed by atoms with Crippen LogP contribution in [0.25, 0.3) is 11.0 Å². The molecule has 0 radical (unpaired) electrons. The van der Waals surface area contributed by atoms with Gasteiger partial charge in [-0.2, -0.15) is 4.39 Å². The normalized spacial score (nSPS) is 10.5. The van der Waals surface area contributed by atoms with Crippen LogP contribution in [-0.4, -0.2) is 25.6 Å². The third-order valence-corrected chi connectivity index (χ3v) is 5.25. The minimum Gasteiger partial charge on any atom is -0.316 e. The molecular formula is C16H10Cl2F2N4O6S. The largest absolute Gasteiger partial charge is 0.316 e. The van der Waals surface area contributed by atoms with Crippen LogP contribution in [0.15, 0.2) is 32.7 Å². The molecule has 0 aliphatic heterocycles. The number of halogens is 4. The number of nitrogens with one attached hydrogen (secondary N) is 2. The summed E-state index contributed by atoms with van der Waals surface area (Å²) >= 11 is 12.4. The molecular weight excluding hydrogens is 485 g/mol. The van der Waals surface area contributed by atoms with Gasteiger partial charge in [0.25, 0.3) is 0 Å². The van der Waals surface area contributed by atoms with E-state index in [4.69, 9.17) is 23.2 Å². The summed E-state index contributed by atoms with van der Waals surface area (Å²) in [5.41, 5.74) is -2.86. The van der Waals surface area contributed by atoms with Crippen molar-refractivity contribution in [2.45, 2.75) is 11.8 Å². The first-order chi connectivity index (χ1) is 14.5. The van der Waals surface area contributed by atoms with Crippen LogP contribution in [0.5, 0.6) is 0 Å². The highest BCUT2D eigenvalue weighted by molar-refractivity contribution is 7.99. The number of fused-ring (bicyclic) bond motifs is 1. The lowest BCUT2D eigenvalue weighted by Crippen LogP contribution is -2.29. The lowest BCUT2D eigenvalue weighted by Gasteiger charge is -2.06. The minimum absolute atomic E-state index is 0.0325. The minimum atomic E-state index is -1.23. The predicted octanol–water partition coefficient (Wildman–Crippen LogP) is 4.42. The van der Waals surface area contributed by atoms with Crippen LogP contribution in [0.3, 0.4) is 0 Å². The van der Waals surface area contributed by atoms with Crippen LogP contribution in [0, 0.1) is 31.9 Å². The van der Waals surface area contributed by atoms with Gasteiger partial charge in [0.2, 0.25) is 5.82 Å². The van der Waals surface area contributed by atoms with E-state index in [2.05, 4.69) is 9.97 Å². The molecule has 1 heterocycles. The van der Waals surface area contributed by atoms with Crippen LogP contribution in [0.1, 0.15) is 6.92 Å². The van der Waals surface area contributed by atoms with Crippen LogP contribution in [-0.2, 0) is 0 Å². The Bertz CT molecular complexity index is 1310. The van der Waals surface area contributed by atoms with E-state index in [9.17, 15) is 38.6 Å². The van der Waals surface area contributed by atoms with Gasteiger partial charge in [0.1, 0.15) is 16.2 Å². The fraction of sp³-hybridized carbons (Fsp3) is 0.125. The molecule has 2 aromatic carbocycles. The number of H-pyrrole nitrogens is 2. The van der Waals surface area contributed by atoms with Crippen molar-refractivity contribution in [1.29, 1.82) is 0 Å². The summed E-state index contributed by atoms with van der Waals surface area (Å²) in [6, 6.07) is 2.39. The maximum absolute atomic E-state index is 12.5. The fourth-order valence-electron chi connectivity index (χ4n) is 2.30. The van der Waals surface area contributed by atoms with E-state index in [0.717, 1.165) is 0 Å². The van der Waals surface area contributed by atoms with Crippen molar-refractivity contribution in [2.24, 2.45) is 0 Å². The standard InChI is InChI=1S/C10H8ClN3O4S.C6H2ClF2NO2/c1-2-19-8-4(11)3-5-6(7(8)14(17)18)13-10(16)9(15)12-5;7-3-1-6(10(11)12)5(9)2-4(3)8/h3H,2H2,1H3,(H,12,15)(H,13,16);1-2H. The first kappa shape index (κ1) is 24.2. The van der Waals surface area contributed by atoms with Crippen molar-refractivity contribution in [3.05, 3.63) is 80.8 Å². The van der Waals surface area contributed by atoms with E-state index in [1.807, 2.05) is 6.92 Å². The molecule has 1 aromatic heterocycles. The van der Waals surface area contributed by atoms with Gasteiger partial charge in [-0.3, -0.25) is 29.8 Å².